The van der Waals surface area contributed by atoms with E-state index in [0.29, 0.717) is 12.2 Å². The summed E-state index contributed by atoms with van der Waals surface area (Å²) in [4.78, 5) is 2.96. The van der Waals surface area contributed by atoms with Crippen molar-refractivity contribution in [2.45, 2.75) is 6.54 Å². The molecule has 1 aromatic carbocycles. The molecule has 0 atom stereocenters. The Labute approximate surface area is 87.1 Å². The fraction of sp³-hybridized carbons (Fsp3) is 0.0909. The van der Waals surface area contributed by atoms with Crippen molar-refractivity contribution in [3.8, 4) is 0 Å². The van der Waals surface area contributed by atoms with Crippen LogP contribution < -0.4 is 11.1 Å². The largest absolute Gasteiger partial charge is 0.397 e. The van der Waals surface area contributed by atoms with E-state index in [0.717, 1.165) is 11.3 Å². The summed E-state index contributed by atoms with van der Waals surface area (Å²) in [6.45, 7) is 0.666. The molecule has 0 amide bonds. The van der Waals surface area contributed by atoms with Crippen molar-refractivity contribution in [2.75, 3.05) is 11.1 Å². The third kappa shape index (κ3) is 2.28. The molecule has 0 radical (unpaired) electrons. The van der Waals surface area contributed by atoms with Gasteiger partial charge < -0.3 is 16.0 Å². The topological polar surface area (TPSA) is 53.8 Å². The number of aromatic nitrogens is 1. The Hall–Kier alpha value is -1.97. The van der Waals surface area contributed by atoms with Gasteiger partial charge in [-0.1, -0.05) is 0 Å². The van der Waals surface area contributed by atoms with E-state index in [9.17, 15) is 4.39 Å². The van der Waals surface area contributed by atoms with Crippen molar-refractivity contribution in [3.63, 3.8) is 0 Å². The van der Waals surface area contributed by atoms with E-state index in [2.05, 4.69) is 10.3 Å². The van der Waals surface area contributed by atoms with Crippen molar-refractivity contribution in [3.05, 3.63) is 48.0 Å². The quantitative estimate of drug-likeness (QED) is 0.674. The van der Waals surface area contributed by atoms with Gasteiger partial charge in [-0.3, -0.25) is 0 Å². The van der Waals surface area contributed by atoms with Crippen LogP contribution in [-0.4, -0.2) is 4.98 Å². The van der Waals surface area contributed by atoms with Crippen LogP contribution in [0.4, 0.5) is 15.8 Å². The summed E-state index contributed by atoms with van der Waals surface area (Å²) in [5.41, 5.74) is 7.94. The zero-order valence-electron chi connectivity index (χ0n) is 8.13. The highest BCUT2D eigenvalue weighted by atomic mass is 19.1. The molecule has 1 aromatic heterocycles. The monoisotopic (exact) mass is 205 g/mol. The molecule has 0 saturated carbocycles. The predicted molar refractivity (Wildman–Crippen MR) is 58.9 cm³/mol. The number of anilines is 2. The van der Waals surface area contributed by atoms with Gasteiger partial charge in [-0.15, -0.1) is 0 Å². The normalized spacial score (nSPS) is 10.2. The van der Waals surface area contributed by atoms with Crippen LogP contribution in [-0.2, 0) is 6.54 Å². The van der Waals surface area contributed by atoms with Crippen LogP contribution in [0.2, 0.25) is 0 Å². The minimum Gasteiger partial charge on any atom is -0.397 e. The number of aromatic amines is 1. The van der Waals surface area contributed by atoms with Gasteiger partial charge in [0.1, 0.15) is 5.82 Å². The summed E-state index contributed by atoms with van der Waals surface area (Å²) in [7, 11) is 0. The summed E-state index contributed by atoms with van der Waals surface area (Å²) < 4.78 is 12.7. The van der Waals surface area contributed by atoms with Gasteiger partial charge in [0.15, 0.2) is 0 Å². The number of benzene rings is 1. The molecule has 0 bridgehead atoms. The Kier molecular flexibility index (Phi) is 2.58. The molecule has 3 nitrogen and oxygen atoms in total. The average Bonchev–Trinajstić information content (AvgIpc) is 2.69. The van der Waals surface area contributed by atoms with E-state index in [4.69, 9.17) is 5.73 Å². The summed E-state index contributed by atoms with van der Waals surface area (Å²) in [6, 6.07) is 6.29. The molecule has 4 N–H and O–H groups in total. The maximum absolute atomic E-state index is 12.7. The lowest BCUT2D eigenvalue weighted by Gasteiger charge is -2.07. The first-order valence-electron chi connectivity index (χ1n) is 4.66. The second-order valence-electron chi connectivity index (χ2n) is 3.30. The molecule has 2 rings (SSSR count). The molecule has 0 aliphatic heterocycles. The second kappa shape index (κ2) is 4.04. The first-order chi connectivity index (χ1) is 7.25. The van der Waals surface area contributed by atoms with Gasteiger partial charge in [-0.25, -0.2) is 4.39 Å². The Morgan fingerprint density at radius 1 is 1.33 bits per heavy atom. The Morgan fingerprint density at radius 3 is 2.87 bits per heavy atom. The maximum atomic E-state index is 12.7. The van der Waals surface area contributed by atoms with Crippen molar-refractivity contribution in [2.24, 2.45) is 0 Å². The number of hydrogen-bond donors (Lipinski definition) is 3. The van der Waals surface area contributed by atoms with E-state index in [-0.39, 0.29) is 5.82 Å². The van der Waals surface area contributed by atoms with E-state index in [1.807, 2.05) is 18.5 Å². The standard InChI is InChI=1S/C11H12FN3/c12-9-1-2-11(10(13)5-9)15-7-8-3-4-14-6-8/h1-6,14-15H,7,13H2. The van der Waals surface area contributed by atoms with Crippen molar-refractivity contribution < 1.29 is 4.39 Å². The van der Waals surface area contributed by atoms with Crippen molar-refractivity contribution in [1.82, 2.24) is 4.98 Å². The Morgan fingerprint density at radius 2 is 2.20 bits per heavy atom. The number of nitrogen functional groups attached to an aromatic ring is 1. The van der Waals surface area contributed by atoms with Crippen LogP contribution in [0.5, 0.6) is 0 Å². The first-order valence-corrected chi connectivity index (χ1v) is 4.66. The number of nitrogens with two attached hydrogens (primary N) is 1. The van der Waals surface area contributed by atoms with E-state index in [1.165, 1.54) is 12.1 Å². The lowest BCUT2D eigenvalue weighted by molar-refractivity contribution is 0.628. The van der Waals surface area contributed by atoms with E-state index < -0.39 is 0 Å². The van der Waals surface area contributed by atoms with Gasteiger partial charge in [0.25, 0.3) is 0 Å². The first kappa shape index (κ1) is 9.58. The predicted octanol–water partition coefficient (Wildman–Crippen LogP) is 2.35. The summed E-state index contributed by atoms with van der Waals surface area (Å²) in [6.07, 6.45) is 3.75. The van der Waals surface area contributed by atoms with Crippen LogP contribution in [0.1, 0.15) is 5.56 Å². The van der Waals surface area contributed by atoms with Gasteiger partial charge in [0.05, 0.1) is 11.4 Å². The highest BCUT2D eigenvalue weighted by Crippen LogP contribution is 2.19. The lowest BCUT2D eigenvalue weighted by atomic mass is 10.2. The van der Waals surface area contributed by atoms with Gasteiger partial charge in [-0.05, 0) is 29.8 Å². The lowest BCUT2D eigenvalue weighted by Crippen LogP contribution is -2.01. The highest BCUT2D eigenvalue weighted by Gasteiger charge is 2.00. The van der Waals surface area contributed by atoms with Crippen LogP contribution >= 0.6 is 0 Å². The van der Waals surface area contributed by atoms with Gasteiger partial charge in [0.2, 0.25) is 0 Å². The van der Waals surface area contributed by atoms with E-state index >= 15 is 0 Å². The molecule has 78 valence electrons. The molecule has 1 heterocycles. The smallest absolute Gasteiger partial charge is 0.125 e. The maximum Gasteiger partial charge on any atom is 0.125 e. The minimum atomic E-state index is -0.320. The zero-order chi connectivity index (χ0) is 10.7. The molecular weight excluding hydrogens is 193 g/mol. The van der Waals surface area contributed by atoms with Gasteiger partial charge in [-0.2, -0.15) is 0 Å². The van der Waals surface area contributed by atoms with Crippen LogP contribution in [0.25, 0.3) is 0 Å². The molecule has 0 aliphatic rings. The molecule has 0 fully saturated rings. The van der Waals surface area contributed by atoms with Gasteiger partial charge in [0, 0.05) is 18.9 Å². The number of rotatable bonds is 3. The van der Waals surface area contributed by atoms with E-state index in [1.54, 1.807) is 6.07 Å². The fourth-order valence-corrected chi connectivity index (χ4v) is 1.36. The number of nitrogens with one attached hydrogen (secondary N) is 2. The number of halogens is 1. The fourth-order valence-electron chi connectivity index (χ4n) is 1.36. The number of hydrogen-bond acceptors (Lipinski definition) is 2. The number of H-pyrrole nitrogens is 1. The van der Waals surface area contributed by atoms with Gasteiger partial charge >= 0.3 is 0 Å². The molecule has 4 heteroatoms. The molecule has 15 heavy (non-hydrogen) atoms. The molecule has 0 unspecified atom stereocenters. The summed E-state index contributed by atoms with van der Waals surface area (Å²) in [5, 5.41) is 3.13. The van der Waals surface area contributed by atoms with Crippen LogP contribution in [0.3, 0.4) is 0 Å². The highest BCUT2D eigenvalue weighted by molar-refractivity contribution is 5.65. The molecule has 0 saturated heterocycles. The van der Waals surface area contributed by atoms with Crippen LogP contribution in [0.15, 0.2) is 36.7 Å². The second-order valence-corrected chi connectivity index (χ2v) is 3.30. The summed E-state index contributed by atoms with van der Waals surface area (Å²) in [5.74, 6) is -0.320. The minimum absolute atomic E-state index is 0.320. The summed E-state index contributed by atoms with van der Waals surface area (Å²) >= 11 is 0. The Balaban J connectivity index is 2.05. The third-order valence-electron chi connectivity index (χ3n) is 2.16. The van der Waals surface area contributed by atoms with Crippen LogP contribution in [0, 0.1) is 5.82 Å². The zero-order valence-corrected chi connectivity index (χ0v) is 8.13. The molecule has 0 spiro atoms. The Bertz CT molecular complexity index is 437. The molecule has 0 aliphatic carbocycles. The average molecular weight is 205 g/mol. The van der Waals surface area contributed by atoms with Crippen molar-refractivity contribution >= 4 is 11.4 Å². The van der Waals surface area contributed by atoms with Crippen molar-refractivity contribution in [1.29, 1.82) is 0 Å². The molecular formula is C11H12FN3. The third-order valence-corrected chi connectivity index (χ3v) is 2.16. The molecule has 2 aromatic rings. The SMILES string of the molecule is Nc1cc(F)ccc1NCc1cc[nH]c1.